The summed E-state index contributed by atoms with van der Waals surface area (Å²) in [7, 11) is 0. The third-order valence-corrected chi connectivity index (χ3v) is 10.5. The van der Waals surface area contributed by atoms with Gasteiger partial charge in [0.1, 0.15) is 6.04 Å². The number of aliphatic imine (C=N–C) groups is 1. The Kier molecular flexibility index (Phi) is 8.54. The molecule has 5 aliphatic rings. The molecule has 8 nitrogen and oxygen atoms in total. The number of carbonyl (C=O) groups is 1. The standard InChI is InChI=1S/C32H46N4O4/c1-2-40-30(37)15-14-28(34-39)31-32(38)36(29-13-6-5-12-27(29)33-31)26-19-23-10-7-11-24(20-26)35(23)25-17-21-8-3-4-9-22(16-21)18-25/h5-6,12-13,21-26,28,32,38H,2-4,7-11,14-20H2,1H3. The molecule has 1 aromatic carbocycles. The van der Waals surface area contributed by atoms with Crippen LogP contribution < -0.4 is 4.90 Å². The zero-order valence-electron chi connectivity index (χ0n) is 24.0. The summed E-state index contributed by atoms with van der Waals surface area (Å²) in [6.07, 6.45) is 14.8. The molecule has 3 heterocycles. The van der Waals surface area contributed by atoms with Gasteiger partial charge in [-0.3, -0.25) is 9.69 Å². The maximum Gasteiger partial charge on any atom is 0.305 e. The molecule has 2 saturated heterocycles. The van der Waals surface area contributed by atoms with Crippen molar-refractivity contribution >= 4 is 23.1 Å². The molecule has 6 rings (SSSR count). The highest BCUT2D eigenvalue weighted by molar-refractivity contribution is 6.01. The molecule has 6 atom stereocenters. The number of ether oxygens (including phenoxy) is 1. The van der Waals surface area contributed by atoms with Crippen molar-refractivity contribution in [3.05, 3.63) is 29.2 Å². The van der Waals surface area contributed by atoms with Gasteiger partial charge in [0, 0.05) is 30.6 Å². The second-order valence-corrected chi connectivity index (χ2v) is 13.0. The first-order valence-corrected chi connectivity index (χ1v) is 15.9. The van der Waals surface area contributed by atoms with Crippen LogP contribution in [0.1, 0.15) is 96.8 Å². The molecular weight excluding hydrogens is 504 g/mol. The van der Waals surface area contributed by atoms with Crippen LogP contribution in [0.3, 0.4) is 0 Å². The van der Waals surface area contributed by atoms with Crippen molar-refractivity contribution in [2.75, 3.05) is 11.5 Å². The van der Waals surface area contributed by atoms with Gasteiger partial charge in [0.05, 0.1) is 23.7 Å². The predicted octanol–water partition coefficient (Wildman–Crippen LogP) is 6.12. The number of carbonyl (C=O) groups excluding carboxylic acids is 1. The maximum atomic E-state index is 12.0. The van der Waals surface area contributed by atoms with Gasteiger partial charge in [-0.2, -0.15) is 4.91 Å². The van der Waals surface area contributed by atoms with Crippen molar-refractivity contribution in [2.24, 2.45) is 22.0 Å². The Morgan fingerprint density at radius 1 is 0.975 bits per heavy atom. The number of aliphatic hydroxyl groups excluding tert-OH is 1. The zero-order valence-corrected chi connectivity index (χ0v) is 24.0. The van der Waals surface area contributed by atoms with Crippen LogP contribution in [-0.4, -0.2) is 64.7 Å². The number of nitrogens with zero attached hydrogens (tertiary/aromatic N) is 4. The fourth-order valence-corrected chi connectivity index (χ4v) is 8.96. The van der Waals surface area contributed by atoms with Gasteiger partial charge in [0.15, 0.2) is 6.23 Å². The Balaban J connectivity index is 1.23. The monoisotopic (exact) mass is 550 g/mol. The highest BCUT2D eigenvalue weighted by Gasteiger charge is 2.48. The van der Waals surface area contributed by atoms with Crippen LogP contribution in [-0.2, 0) is 9.53 Å². The van der Waals surface area contributed by atoms with Crippen LogP contribution in [0.4, 0.5) is 11.4 Å². The number of nitroso groups, excluding NO2 is 1. The van der Waals surface area contributed by atoms with Crippen LogP contribution in [0.15, 0.2) is 34.4 Å². The fourth-order valence-electron chi connectivity index (χ4n) is 8.96. The first-order chi connectivity index (χ1) is 19.6. The van der Waals surface area contributed by atoms with E-state index in [9.17, 15) is 14.8 Å². The highest BCUT2D eigenvalue weighted by atomic mass is 16.5. The average molecular weight is 551 g/mol. The smallest absolute Gasteiger partial charge is 0.305 e. The highest BCUT2D eigenvalue weighted by Crippen LogP contribution is 2.47. The predicted molar refractivity (Wildman–Crippen MR) is 157 cm³/mol. The number of esters is 1. The minimum atomic E-state index is -1.03. The van der Waals surface area contributed by atoms with Gasteiger partial charge in [-0.1, -0.05) is 49.4 Å². The van der Waals surface area contributed by atoms with Gasteiger partial charge in [-0.05, 0) is 82.3 Å². The molecule has 2 saturated carbocycles. The van der Waals surface area contributed by atoms with E-state index in [1.54, 1.807) is 6.92 Å². The second-order valence-electron chi connectivity index (χ2n) is 13.0. The second kappa shape index (κ2) is 12.3. The Morgan fingerprint density at radius 2 is 1.68 bits per heavy atom. The molecule has 0 spiro atoms. The lowest BCUT2D eigenvalue weighted by Gasteiger charge is -2.56. The maximum absolute atomic E-state index is 12.0. The number of anilines is 1. The van der Waals surface area contributed by atoms with Crippen molar-refractivity contribution in [1.82, 2.24) is 4.90 Å². The first kappa shape index (κ1) is 27.8. The Morgan fingerprint density at radius 3 is 2.35 bits per heavy atom. The summed E-state index contributed by atoms with van der Waals surface area (Å²) < 4.78 is 5.06. The molecule has 8 heteroatoms. The van der Waals surface area contributed by atoms with Crippen LogP contribution in [0.2, 0.25) is 0 Å². The SMILES string of the molecule is CCOC(=O)CCC(N=O)C1=Nc2ccccc2N(C2CC3CCCC(C2)N3C2CC3CCCCC(C3)C2)C1O. The topological polar surface area (TPSA) is 94.8 Å². The third kappa shape index (κ3) is 5.58. The summed E-state index contributed by atoms with van der Waals surface area (Å²) in [6.45, 7) is 2.06. The summed E-state index contributed by atoms with van der Waals surface area (Å²) in [6, 6.07) is 8.99. The van der Waals surface area contributed by atoms with Crippen molar-refractivity contribution in [2.45, 2.75) is 133 Å². The number of aliphatic hydroxyl groups is 1. The number of para-hydroxylation sites is 2. The largest absolute Gasteiger partial charge is 0.466 e. The number of piperidine rings is 2. The van der Waals surface area contributed by atoms with E-state index in [0.717, 1.165) is 36.1 Å². The lowest BCUT2D eigenvalue weighted by atomic mass is 9.73. The number of hydrogen-bond donors (Lipinski definition) is 1. The molecule has 0 amide bonds. The number of benzene rings is 1. The van der Waals surface area contributed by atoms with E-state index in [2.05, 4.69) is 15.0 Å². The fraction of sp³-hybridized carbons (Fsp3) is 0.750. The lowest BCUT2D eigenvalue weighted by Crippen LogP contribution is -2.63. The summed E-state index contributed by atoms with van der Waals surface area (Å²) in [5.41, 5.74) is 2.03. The molecule has 4 fully saturated rings. The van der Waals surface area contributed by atoms with Crippen molar-refractivity contribution < 1.29 is 14.6 Å². The molecule has 4 bridgehead atoms. The first-order valence-electron chi connectivity index (χ1n) is 15.9. The van der Waals surface area contributed by atoms with E-state index in [1.807, 2.05) is 24.3 Å². The van der Waals surface area contributed by atoms with E-state index in [-0.39, 0.29) is 24.9 Å². The summed E-state index contributed by atoms with van der Waals surface area (Å²) >= 11 is 0. The van der Waals surface area contributed by atoms with Crippen LogP contribution in [0, 0.1) is 16.7 Å². The van der Waals surface area contributed by atoms with Crippen molar-refractivity contribution in [1.29, 1.82) is 0 Å². The van der Waals surface area contributed by atoms with E-state index in [0.29, 0.717) is 30.4 Å². The number of hydrogen-bond acceptors (Lipinski definition) is 8. The van der Waals surface area contributed by atoms with E-state index in [1.165, 1.54) is 64.2 Å². The molecule has 40 heavy (non-hydrogen) atoms. The normalized spacial score (nSPS) is 34.7. The molecular formula is C32H46N4O4. The van der Waals surface area contributed by atoms with Crippen LogP contribution >= 0.6 is 0 Å². The average Bonchev–Trinajstić information content (AvgIpc) is 3.12. The molecule has 0 radical (unpaired) electrons. The Bertz CT molecular complexity index is 1070. The van der Waals surface area contributed by atoms with Crippen LogP contribution in [0.25, 0.3) is 0 Å². The van der Waals surface area contributed by atoms with Gasteiger partial charge >= 0.3 is 5.97 Å². The zero-order chi connectivity index (χ0) is 27.6. The van der Waals surface area contributed by atoms with Gasteiger partial charge in [-0.15, -0.1) is 0 Å². The summed E-state index contributed by atoms with van der Waals surface area (Å²) in [4.78, 5) is 33.8. The molecule has 0 aromatic heterocycles. The molecule has 2 aliphatic carbocycles. The van der Waals surface area contributed by atoms with Crippen molar-refractivity contribution in [3.8, 4) is 0 Å². The van der Waals surface area contributed by atoms with Crippen molar-refractivity contribution in [3.63, 3.8) is 0 Å². The van der Waals surface area contributed by atoms with Gasteiger partial charge in [0.25, 0.3) is 0 Å². The summed E-state index contributed by atoms with van der Waals surface area (Å²) in [5.74, 6) is 1.45. The molecule has 1 aromatic rings. The minimum Gasteiger partial charge on any atom is -0.466 e. The molecule has 3 aliphatic heterocycles. The third-order valence-electron chi connectivity index (χ3n) is 10.5. The van der Waals surface area contributed by atoms with Gasteiger partial charge in [-0.25, -0.2) is 4.99 Å². The molecule has 1 N–H and O–H groups in total. The van der Waals surface area contributed by atoms with Crippen LogP contribution in [0.5, 0.6) is 0 Å². The quantitative estimate of drug-likeness (QED) is 0.310. The van der Waals surface area contributed by atoms with Gasteiger partial charge < -0.3 is 14.7 Å². The lowest BCUT2D eigenvalue weighted by molar-refractivity contribution is -0.143. The minimum absolute atomic E-state index is 0.0730. The van der Waals surface area contributed by atoms with E-state index in [4.69, 9.17) is 9.73 Å². The summed E-state index contributed by atoms with van der Waals surface area (Å²) in [5, 5.41) is 15.1. The molecule has 6 unspecified atom stereocenters. The van der Waals surface area contributed by atoms with E-state index >= 15 is 0 Å². The molecule has 218 valence electrons. The Hall–Kier alpha value is -2.32. The van der Waals surface area contributed by atoms with E-state index < -0.39 is 12.3 Å². The number of fused-ring (bicyclic) bond motifs is 5. The van der Waals surface area contributed by atoms with Gasteiger partial charge in [0.2, 0.25) is 0 Å². The Labute approximate surface area is 238 Å². The number of rotatable bonds is 8.